The third-order valence-corrected chi connectivity index (χ3v) is 16.0. The molecule has 0 saturated heterocycles. The third-order valence-electron chi connectivity index (χ3n) is 16.0. The molecule has 79 heavy (non-hydrogen) atoms. The molecule has 9 rings (SSSR count). The SMILES string of the molecule is CC[C@@]1(O)C(=O)OCc2c1cc1n(c2=O)Cc2c-1nc1cc(F)c(C)c3c1c2[C@@H](CC(=O)[C@@H](CC1CC1)OCNC(=O)CCC(=O)[C@H](Cc1ccccc1)NC(=O)CCC(=O)CNC(=O)CCCCCN1C(=O)C=CC1=O)CC3. The molecule has 0 unspecified atom stereocenters. The number of pyridine rings is 2. The Morgan fingerprint density at radius 1 is 0.861 bits per heavy atom. The second-order valence-electron chi connectivity index (χ2n) is 21.4. The van der Waals surface area contributed by atoms with Gasteiger partial charge in [0.05, 0.1) is 41.6 Å². The summed E-state index contributed by atoms with van der Waals surface area (Å²) >= 11 is 0. The lowest BCUT2D eigenvalue weighted by Crippen LogP contribution is -2.44. The molecule has 2 aliphatic carbocycles. The molecule has 5 aliphatic rings. The minimum absolute atomic E-state index is 0.0335. The maximum Gasteiger partial charge on any atom is 0.343 e. The summed E-state index contributed by atoms with van der Waals surface area (Å²) in [5.74, 6) is -4.50. The summed E-state index contributed by atoms with van der Waals surface area (Å²) in [7, 11) is 0. The van der Waals surface area contributed by atoms with Gasteiger partial charge in [-0.2, -0.15) is 0 Å². The number of hydrogen-bond acceptors (Lipinski definition) is 14. The lowest BCUT2D eigenvalue weighted by Gasteiger charge is -2.31. The molecule has 1 saturated carbocycles. The summed E-state index contributed by atoms with van der Waals surface area (Å²) in [5, 5.41) is 20.2. The molecule has 0 radical (unpaired) electrons. The largest absolute Gasteiger partial charge is 0.458 e. The van der Waals surface area contributed by atoms with E-state index >= 15 is 4.39 Å². The highest BCUT2D eigenvalue weighted by Gasteiger charge is 2.46. The number of carbonyl (C=O) groups excluding carboxylic acids is 9. The molecule has 0 bridgehead atoms. The Labute approximate surface area is 455 Å². The zero-order valence-electron chi connectivity index (χ0n) is 44.4. The van der Waals surface area contributed by atoms with Gasteiger partial charge < -0.3 is 35.1 Å². The van der Waals surface area contributed by atoms with Crippen LogP contribution in [0.3, 0.4) is 0 Å². The smallest absolute Gasteiger partial charge is 0.343 e. The summed E-state index contributed by atoms with van der Waals surface area (Å²) in [5.41, 5.74) is 2.53. The van der Waals surface area contributed by atoms with Crippen molar-refractivity contribution in [1.29, 1.82) is 0 Å². The molecule has 20 heteroatoms. The molecule has 5 heterocycles. The fourth-order valence-electron chi connectivity index (χ4n) is 11.3. The number of amides is 5. The van der Waals surface area contributed by atoms with Crippen LogP contribution in [0.5, 0.6) is 0 Å². The van der Waals surface area contributed by atoms with Crippen molar-refractivity contribution in [3.63, 3.8) is 0 Å². The summed E-state index contributed by atoms with van der Waals surface area (Å²) in [4.78, 5) is 136. The van der Waals surface area contributed by atoms with E-state index in [9.17, 15) is 53.1 Å². The van der Waals surface area contributed by atoms with E-state index in [-0.39, 0.29) is 137 Å². The summed E-state index contributed by atoms with van der Waals surface area (Å²) < 4.78 is 28.5. The van der Waals surface area contributed by atoms with Gasteiger partial charge in [-0.05, 0) is 92.0 Å². The number of aliphatic hydroxyl groups is 1. The molecule has 1 fully saturated rings. The number of aryl methyl sites for hydroxylation is 1. The highest BCUT2D eigenvalue weighted by atomic mass is 19.1. The summed E-state index contributed by atoms with van der Waals surface area (Å²) in [6.07, 6.45) is 5.86. The predicted octanol–water partition coefficient (Wildman–Crippen LogP) is 4.80. The first kappa shape index (κ1) is 56.2. The second kappa shape index (κ2) is 24.2. The number of ketones is 3. The van der Waals surface area contributed by atoms with Crippen molar-refractivity contribution >= 4 is 63.8 Å². The number of ether oxygens (including phenoxy) is 2. The fourth-order valence-corrected chi connectivity index (χ4v) is 11.3. The number of cyclic esters (lactones) is 1. The van der Waals surface area contributed by atoms with Gasteiger partial charge >= 0.3 is 5.97 Å². The van der Waals surface area contributed by atoms with Crippen LogP contribution in [0.15, 0.2) is 59.4 Å². The van der Waals surface area contributed by atoms with E-state index in [1.54, 1.807) is 44.2 Å². The Balaban J connectivity index is 0.785. The van der Waals surface area contributed by atoms with Crippen molar-refractivity contribution in [3.8, 4) is 11.4 Å². The number of nitrogens with one attached hydrogen (secondary N) is 3. The Hall–Kier alpha value is -7.58. The van der Waals surface area contributed by atoms with Crippen molar-refractivity contribution < 1.29 is 62.1 Å². The summed E-state index contributed by atoms with van der Waals surface area (Å²) in [6, 6.07) is 11.0. The quantitative estimate of drug-likeness (QED) is 0.0238. The average Bonchev–Trinajstić information content (AvgIpc) is 3.66. The topological polar surface area (TPSA) is 267 Å². The maximum atomic E-state index is 15.6. The second-order valence-corrected chi connectivity index (χ2v) is 21.4. The summed E-state index contributed by atoms with van der Waals surface area (Å²) in [6.45, 7) is 2.82. The minimum atomic E-state index is -2.04. The Bertz CT molecular complexity index is 3220. The van der Waals surface area contributed by atoms with Gasteiger partial charge in [-0.3, -0.25) is 48.1 Å². The Morgan fingerprint density at radius 2 is 1.59 bits per heavy atom. The van der Waals surface area contributed by atoms with Crippen molar-refractivity contribution in [2.45, 2.75) is 153 Å². The molecule has 0 spiro atoms. The number of carbonyl (C=O) groups is 9. The monoisotopic (exact) mass is 1080 g/mol. The number of Topliss-reactive ketones (excluding diaryl/α,β-unsaturated/α-hetero) is 3. The Kier molecular flexibility index (Phi) is 17.2. The standard InChI is InChI=1S/C59H65FN6O13/c1-3-59(77)41-27-45-56-39(30-66(45)57(75)40(41)31-78-58(59)76)54-36(15-17-38-33(2)42(60)28-44(64-56)55(38)54)26-47(69)48(25-35-13-14-35)79-32-62-50(71)20-18-46(68)43(24-34-10-6-4-7-11-34)63-51(72)19-16-37(67)29-61-49(70)12-8-5-9-23-65-52(73)21-22-53(65)74/h4,6-7,10-11,21-22,27-28,35-36,43,48,77H,3,5,8-9,12-20,23-26,29-32H2,1-2H3,(H,61,70)(H,62,71)(H,63,72)/t36-,43+,48-,59+/m1/s1. The van der Waals surface area contributed by atoms with Crippen LogP contribution in [0.2, 0.25) is 0 Å². The van der Waals surface area contributed by atoms with Gasteiger partial charge in [-0.1, -0.05) is 56.5 Å². The highest BCUT2D eigenvalue weighted by molar-refractivity contribution is 6.12. The van der Waals surface area contributed by atoms with E-state index < -0.39 is 52.7 Å². The minimum Gasteiger partial charge on any atom is -0.458 e. The van der Waals surface area contributed by atoms with Crippen LogP contribution in [-0.2, 0) is 84.2 Å². The van der Waals surface area contributed by atoms with Crippen molar-refractivity contribution in [2.24, 2.45) is 5.92 Å². The van der Waals surface area contributed by atoms with Gasteiger partial charge in [0.2, 0.25) is 17.7 Å². The number of unbranched alkanes of at least 4 members (excludes halogenated alkanes) is 2. The molecule has 416 valence electrons. The molecular formula is C59H65FN6O13. The lowest BCUT2D eigenvalue weighted by molar-refractivity contribution is -0.172. The maximum absolute atomic E-state index is 15.6. The van der Waals surface area contributed by atoms with Crippen LogP contribution in [0.1, 0.15) is 142 Å². The molecule has 19 nitrogen and oxygen atoms in total. The fraction of sp³-hybridized carbons (Fsp3) is 0.475. The zero-order chi connectivity index (χ0) is 56.1. The molecule has 5 amide bonds. The first-order chi connectivity index (χ1) is 37.9. The van der Waals surface area contributed by atoms with E-state index in [0.29, 0.717) is 66.6 Å². The van der Waals surface area contributed by atoms with Crippen molar-refractivity contribution in [1.82, 2.24) is 30.4 Å². The first-order valence-corrected chi connectivity index (χ1v) is 27.3. The van der Waals surface area contributed by atoms with E-state index in [4.69, 9.17) is 14.5 Å². The number of nitrogens with zero attached hydrogens (tertiary/aromatic N) is 3. The number of hydrogen-bond donors (Lipinski definition) is 4. The van der Waals surface area contributed by atoms with Gasteiger partial charge in [0.25, 0.3) is 17.4 Å². The van der Waals surface area contributed by atoms with Crippen LogP contribution < -0.4 is 21.5 Å². The van der Waals surface area contributed by atoms with Crippen LogP contribution in [0.25, 0.3) is 22.3 Å². The zero-order valence-corrected chi connectivity index (χ0v) is 44.4. The van der Waals surface area contributed by atoms with Crippen molar-refractivity contribution in [3.05, 3.63) is 110 Å². The number of halogens is 1. The van der Waals surface area contributed by atoms with E-state index in [1.807, 2.05) is 6.07 Å². The van der Waals surface area contributed by atoms with Gasteiger partial charge in [-0.25, -0.2) is 14.2 Å². The number of aromatic nitrogens is 2. The van der Waals surface area contributed by atoms with Gasteiger partial charge in [0, 0.05) is 79.8 Å². The highest BCUT2D eigenvalue weighted by Crippen LogP contribution is 2.48. The van der Waals surface area contributed by atoms with Gasteiger partial charge in [-0.15, -0.1) is 0 Å². The van der Waals surface area contributed by atoms with Gasteiger partial charge in [0.1, 0.15) is 25.3 Å². The average molecular weight is 1090 g/mol. The molecular weight excluding hydrogens is 1020 g/mol. The van der Waals surface area contributed by atoms with Gasteiger partial charge in [0.15, 0.2) is 23.0 Å². The van der Waals surface area contributed by atoms with Crippen LogP contribution in [-0.4, -0.2) is 104 Å². The first-order valence-electron chi connectivity index (χ1n) is 27.3. The molecule has 4 N–H and O–H groups in total. The number of rotatable bonds is 27. The Morgan fingerprint density at radius 3 is 2.33 bits per heavy atom. The van der Waals surface area contributed by atoms with E-state index in [0.717, 1.165) is 39.8 Å². The van der Waals surface area contributed by atoms with E-state index in [1.165, 1.54) is 22.8 Å². The number of imide groups is 1. The van der Waals surface area contributed by atoms with Crippen LogP contribution in [0.4, 0.5) is 4.39 Å². The third kappa shape index (κ3) is 12.5. The van der Waals surface area contributed by atoms with Crippen LogP contribution in [0, 0.1) is 18.7 Å². The molecule has 4 aromatic rings. The molecule has 4 atom stereocenters. The number of fused-ring (bicyclic) bond motifs is 5. The molecule has 2 aromatic carbocycles. The lowest BCUT2D eigenvalue weighted by atomic mass is 9.76. The predicted molar refractivity (Wildman–Crippen MR) is 283 cm³/mol. The number of benzene rings is 2. The molecule has 2 aromatic heterocycles. The normalized spacial score (nSPS) is 18.6. The molecule has 3 aliphatic heterocycles. The van der Waals surface area contributed by atoms with E-state index in [2.05, 4.69) is 16.0 Å². The van der Waals surface area contributed by atoms with Crippen molar-refractivity contribution in [2.75, 3.05) is 19.8 Å². The number of esters is 1. The van der Waals surface area contributed by atoms with Crippen LogP contribution >= 0.6 is 0 Å².